The predicted molar refractivity (Wildman–Crippen MR) is 110 cm³/mol. The molecule has 1 saturated carbocycles. The van der Waals surface area contributed by atoms with Crippen molar-refractivity contribution in [2.24, 2.45) is 26.8 Å². The second-order valence-corrected chi connectivity index (χ2v) is 5.86. The van der Waals surface area contributed by atoms with Crippen molar-refractivity contribution >= 4 is 18.8 Å². The van der Waals surface area contributed by atoms with Gasteiger partial charge in [0.25, 0.3) is 0 Å². The van der Waals surface area contributed by atoms with Crippen molar-refractivity contribution in [3.05, 3.63) is 48.4 Å². The van der Waals surface area contributed by atoms with Crippen LogP contribution < -0.4 is 10.6 Å². The maximum Gasteiger partial charge on any atom is 0.131 e. The number of hydrogen-bond acceptors (Lipinski definition) is 4. The number of allylic oxidation sites excluding steroid dienone is 4. The number of likely N-dealkylation sites (N-methyl/N-ethyl adjacent to an activating group) is 1. The lowest BCUT2D eigenvalue weighted by Crippen LogP contribution is -2.27. The van der Waals surface area contributed by atoms with Crippen molar-refractivity contribution in [3.8, 4) is 0 Å². The summed E-state index contributed by atoms with van der Waals surface area (Å²) in [6.45, 7) is 12.7. The summed E-state index contributed by atoms with van der Waals surface area (Å²) in [5, 5.41) is 6.54. The Morgan fingerprint density at radius 1 is 1.24 bits per heavy atom. The largest absolute Gasteiger partial charge is 0.370 e. The number of aliphatic imine (C=N–C) groups is 3. The van der Waals surface area contributed by atoms with Gasteiger partial charge in [0.05, 0.1) is 0 Å². The van der Waals surface area contributed by atoms with Crippen LogP contribution >= 0.6 is 0 Å². The fourth-order valence-corrected chi connectivity index (χ4v) is 2.57. The van der Waals surface area contributed by atoms with Gasteiger partial charge in [0.2, 0.25) is 0 Å². The molecule has 0 aromatic heterocycles. The van der Waals surface area contributed by atoms with E-state index in [4.69, 9.17) is 0 Å². The van der Waals surface area contributed by atoms with Gasteiger partial charge in [-0.05, 0) is 45.2 Å². The Bertz CT molecular complexity index is 575. The number of nitrogens with one attached hydrogen (secondary N) is 2. The molecule has 5 heteroatoms. The van der Waals surface area contributed by atoms with Crippen molar-refractivity contribution in [1.82, 2.24) is 10.6 Å². The SMILES string of the molecule is C=CC1CC(\C=C/C(=C/N=C)C(=N\CNC(/C=N\C)=C/C)/NCC)C1. The van der Waals surface area contributed by atoms with Crippen molar-refractivity contribution in [2.75, 3.05) is 20.3 Å². The van der Waals surface area contributed by atoms with Gasteiger partial charge in [0, 0.05) is 37.3 Å². The molecule has 0 bridgehead atoms. The zero-order valence-corrected chi connectivity index (χ0v) is 15.7. The molecule has 0 spiro atoms. The summed E-state index contributed by atoms with van der Waals surface area (Å²) in [5.74, 6) is 2.07. The quantitative estimate of drug-likeness (QED) is 0.276. The normalized spacial score (nSPS) is 22.1. The monoisotopic (exact) mass is 341 g/mol. The van der Waals surface area contributed by atoms with E-state index in [1.54, 1.807) is 19.5 Å². The van der Waals surface area contributed by atoms with Gasteiger partial charge >= 0.3 is 0 Å². The molecule has 0 heterocycles. The highest BCUT2D eigenvalue weighted by Gasteiger charge is 2.24. The smallest absolute Gasteiger partial charge is 0.131 e. The first kappa shape index (κ1) is 20.6. The van der Waals surface area contributed by atoms with Gasteiger partial charge in [0.15, 0.2) is 0 Å². The average Bonchev–Trinajstić information content (AvgIpc) is 2.58. The van der Waals surface area contributed by atoms with Crippen LogP contribution in [0, 0.1) is 11.8 Å². The molecule has 0 amide bonds. The van der Waals surface area contributed by atoms with Gasteiger partial charge in [-0.1, -0.05) is 24.3 Å². The van der Waals surface area contributed by atoms with E-state index < -0.39 is 0 Å². The average molecular weight is 342 g/mol. The molecule has 1 fully saturated rings. The highest BCUT2D eigenvalue weighted by Crippen LogP contribution is 2.35. The van der Waals surface area contributed by atoms with Crippen LogP contribution in [0.2, 0.25) is 0 Å². The van der Waals surface area contributed by atoms with E-state index in [9.17, 15) is 0 Å². The number of hydrogen-bond donors (Lipinski definition) is 2. The molecule has 0 radical (unpaired) electrons. The zero-order chi connectivity index (χ0) is 18.5. The van der Waals surface area contributed by atoms with Crippen LogP contribution in [0.1, 0.15) is 26.7 Å². The van der Waals surface area contributed by atoms with E-state index in [0.29, 0.717) is 18.5 Å². The van der Waals surface area contributed by atoms with Crippen molar-refractivity contribution in [1.29, 1.82) is 0 Å². The topological polar surface area (TPSA) is 61.1 Å². The molecule has 0 atom stereocenters. The van der Waals surface area contributed by atoms with Gasteiger partial charge in [-0.15, -0.1) is 6.58 Å². The standard InChI is InChI=1S/C20H31N5/c1-6-16-11-17(12-16)9-10-18(13-21-4)20(23-8-3)25-15-24-19(7-2)14-22-5/h6-7,9-10,13-14,16-17,24H,1,4,8,11-12,15H2,2-3,5H3,(H,23,25)/b10-9-,18-13-,19-7+,22-14-. The third-order valence-corrected chi connectivity index (χ3v) is 4.04. The molecule has 0 unspecified atom stereocenters. The molecule has 0 aromatic carbocycles. The Morgan fingerprint density at radius 3 is 2.56 bits per heavy atom. The molecule has 1 aliphatic rings. The van der Waals surface area contributed by atoms with Gasteiger partial charge in [-0.25, -0.2) is 4.99 Å². The number of rotatable bonds is 10. The first-order valence-corrected chi connectivity index (χ1v) is 8.76. The first-order chi connectivity index (χ1) is 12.2. The number of amidine groups is 1. The molecular weight excluding hydrogens is 310 g/mol. The third kappa shape index (κ3) is 7.33. The minimum atomic E-state index is 0.457. The minimum absolute atomic E-state index is 0.457. The Morgan fingerprint density at radius 2 is 2.00 bits per heavy atom. The maximum atomic E-state index is 4.62. The molecule has 0 saturated heterocycles. The van der Waals surface area contributed by atoms with E-state index in [1.165, 1.54) is 12.8 Å². The summed E-state index contributed by atoms with van der Waals surface area (Å²) in [5.41, 5.74) is 1.88. The fourth-order valence-electron chi connectivity index (χ4n) is 2.57. The summed E-state index contributed by atoms with van der Waals surface area (Å²) in [6.07, 6.45) is 14.2. The van der Waals surface area contributed by atoms with E-state index in [1.807, 2.05) is 26.0 Å². The third-order valence-electron chi connectivity index (χ3n) is 4.04. The zero-order valence-electron chi connectivity index (χ0n) is 15.7. The van der Waals surface area contributed by atoms with Crippen LogP contribution in [-0.4, -0.2) is 39.0 Å². The summed E-state index contributed by atoms with van der Waals surface area (Å²) >= 11 is 0. The molecular formula is C20H31N5. The molecule has 1 rings (SSSR count). The Hall–Kier alpha value is -2.43. The molecule has 5 nitrogen and oxygen atoms in total. The van der Waals surface area contributed by atoms with Gasteiger partial charge in [-0.3, -0.25) is 9.98 Å². The van der Waals surface area contributed by atoms with E-state index in [0.717, 1.165) is 23.7 Å². The summed E-state index contributed by atoms with van der Waals surface area (Å²) < 4.78 is 0. The van der Waals surface area contributed by atoms with E-state index in [2.05, 4.69) is 51.1 Å². The van der Waals surface area contributed by atoms with E-state index in [-0.39, 0.29) is 0 Å². The Kier molecular flexibility index (Phi) is 9.90. The first-order valence-electron chi connectivity index (χ1n) is 8.76. The molecule has 0 aromatic rings. The summed E-state index contributed by atoms with van der Waals surface area (Å²) in [7, 11) is 1.75. The van der Waals surface area contributed by atoms with Crippen LogP contribution in [0.4, 0.5) is 0 Å². The Labute approximate surface area is 152 Å². The van der Waals surface area contributed by atoms with E-state index >= 15 is 0 Å². The summed E-state index contributed by atoms with van der Waals surface area (Å²) in [6, 6.07) is 0. The molecule has 25 heavy (non-hydrogen) atoms. The van der Waals surface area contributed by atoms with Crippen LogP contribution in [0.15, 0.2) is 63.3 Å². The predicted octanol–water partition coefficient (Wildman–Crippen LogP) is 3.50. The van der Waals surface area contributed by atoms with Crippen molar-refractivity contribution < 1.29 is 0 Å². The van der Waals surface area contributed by atoms with Gasteiger partial charge in [0.1, 0.15) is 12.5 Å². The fraction of sp³-hybridized carbons (Fsp3) is 0.450. The van der Waals surface area contributed by atoms with Crippen molar-refractivity contribution in [2.45, 2.75) is 26.7 Å². The molecule has 1 aliphatic carbocycles. The van der Waals surface area contributed by atoms with Crippen LogP contribution in [0.25, 0.3) is 0 Å². The minimum Gasteiger partial charge on any atom is -0.370 e. The Balaban J connectivity index is 2.78. The lowest BCUT2D eigenvalue weighted by molar-refractivity contribution is 0.296. The van der Waals surface area contributed by atoms with Crippen LogP contribution in [-0.2, 0) is 0 Å². The molecule has 2 N–H and O–H groups in total. The van der Waals surface area contributed by atoms with Gasteiger partial charge in [-0.2, -0.15) is 0 Å². The van der Waals surface area contributed by atoms with Crippen LogP contribution in [0.5, 0.6) is 0 Å². The lowest BCUT2D eigenvalue weighted by atomic mass is 9.75. The molecule has 136 valence electrons. The maximum absolute atomic E-state index is 4.62. The highest BCUT2D eigenvalue weighted by molar-refractivity contribution is 6.00. The molecule has 0 aliphatic heterocycles. The highest BCUT2D eigenvalue weighted by atomic mass is 15.1. The lowest BCUT2D eigenvalue weighted by Gasteiger charge is -2.30. The summed E-state index contributed by atoms with van der Waals surface area (Å²) in [4.78, 5) is 12.6. The second kappa shape index (κ2) is 12.0. The number of nitrogens with zero attached hydrogens (tertiary/aromatic N) is 3. The van der Waals surface area contributed by atoms with Crippen LogP contribution in [0.3, 0.4) is 0 Å². The second-order valence-electron chi connectivity index (χ2n) is 5.86. The van der Waals surface area contributed by atoms with Crippen molar-refractivity contribution in [3.63, 3.8) is 0 Å². The van der Waals surface area contributed by atoms with Gasteiger partial charge < -0.3 is 10.6 Å².